The highest BCUT2D eigenvalue weighted by molar-refractivity contribution is 5.83. The smallest absolute Gasteiger partial charge is 0.0669 e. The first-order valence-corrected chi connectivity index (χ1v) is 2.56. The standard InChI is InChI=1S/C6H10O3/c1-5(6(7)8)3-4-9-2/h1,3-4H2,2H3,(H,7,8)/p-1. The van der Waals surface area contributed by atoms with Gasteiger partial charge in [0.15, 0.2) is 0 Å². The molecule has 0 fully saturated rings. The van der Waals surface area contributed by atoms with Crippen LogP contribution >= 0.6 is 0 Å². The molecule has 0 spiro atoms. The molecule has 0 aromatic heterocycles. The van der Waals surface area contributed by atoms with Crippen LogP contribution in [0.5, 0.6) is 0 Å². The van der Waals surface area contributed by atoms with Crippen LogP contribution in [0.15, 0.2) is 12.2 Å². The molecule has 0 saturated heterocycles. The van der Waals surface area contributed by atoms with Crippen LogP contribution in [-0.2, 0) is 9.53 Å². The molecule has 0 rings (SSSR count). The highest BCUT2D eigenvalue weighted by atomic mass is 16.5. The molecular formula is C6H9O3-. The van der Waals surface area contributed by atoms with E-state index < -0.39 is 5.97 Å². The monoisotopic (exact) mass is 129 g/mol. The van der Waals surface area contributed by atoms with Crippen LogP contribution in [0.1, 0.15) is 6.42 Å². The van der Waals surface area contributed by atoms with Crippen molar-refractivity contribution in [2.24, 2.45) is 0 Å². The molecule has 0 aliphatic rings. The van der Waals surface area contributed by atoms with Gasteiger partial charge in [0.2, 0.25) is 0 Å². The zero-order chi connectivity index (χ0) is 7.28. The van der Waals surface area contributed by atoms with E-state index in [1.54, 1.807) is 0 Å². The largest absolute Gasteiger partial charge is 0.545 e. The minimum Gasteiger partial charge on any atom is -0.545 e. The second-order valence-electron chi connectivity index (χ2n) is 1.63. The van der Waals surface area contributed by atoms with Gasteiger partial charge >= 0.3 is 0 Å². The lowest BCUT2D eigenvalue weighted by Crippen LogP contribution is -2.24. The highest BCUT2D eigenvalue weighted by Crippen LogP contribution is 1.94. The van der Waals surface area contributed by atoms with Gasteiger partial charge in [-0.25, -0.2) is 0 Å². The lowest BCUT2D eigenvalue weighted by molar-refractivity contribution is -0.299. The van der Waals surface area contributed by atoms with Gasteiger partial charge in [-0.3, -0.25) is 0 Å². The molecule has 3 heteroatoms. The maximum absolute atomic E-state index is 9.94. The first-order chi connectivity index (χ1) is 4.18. The van der Waals surface area contributed by atoms with E-state index in [1.165, 1.54) is 7.11 Å². The third kappa shape index (κ3) is 3.73. The Morgan fingerprint density at radius 1 is 1.78 bits per heavy atom. The minimum absolute atomic E-state index is 0.0804. The van der Waals surface area contributed by atoms with E-state index >= 15 is 0 Å². The first kappa shape index (κ1) is 8.17. The summed E-state index contributed by atoms with van der Waals surface area (Å²) in [6.45, 7) is 3.63. The number of ether oxygens (including phenoxy) is 1. The summed E-state index contributed by atoms with van der Waals surface area (Å²) in [5, 5.41) is 9.94. The number of carbonyl (C=O) groups is 1. The van der Waals surface area contributed by atoms with Gasteiger partial charge in [-0.2, -0.15) is 0 Å². The number of hydrogen-bond acceptors (Lipinski definition) is 3. The Morgan fingerprint density at radius 3 is 2.67 bits per heavy atom. The molecule has 9 heavy (non-hydrogen) atoms. The Kier molecular flexibility index (Phi) is 3.71. The molecule has 0 heterocycles. The third-order valence-electron chi connectivity index (χ3n) is 0.897. The van der Waals surface area contributed by atoms with Crippen molar-refractivity contribution in [3.05, 3.63) is 12.2 Å². The summed E-state index contributed by atoms with van der Waals surface area (Å²) in [4.78, 5) is 9.94. The molecule has 0 radical (unpaired) electrons. The van der Waals surface area contributed by atoms with Crippen molar-refractivity contribution in [2.45, 2.75) is 6.42 Å². The zero-order valence-electron chi connectivity index (χ0n) is 5.35. The molecule has 0 saturated carbocycles. The van der Waals surface area contributed by atoms with Gasteiger partial charge in [-0.15, -0.1) is 0 Å². The summed E-state index contributed by atoms with van der Waals surface area (Å²) < 4.78 is 4.61. The Morgan fingerprint density at radius 2 is 2.33 bits per heavy atom. The Hall–Kier alpha value is -0.830. The van der Waals surface area contributed by atoms with Gasteiger partial charge in [0.05, 0.1) is 12.6 Å². The number of methoxy groups -OCH3 is 1. The van der Waals surface area contributed by atoms with Crippen LogP contribution < -0.4 is 5.11 Å². The average molecular weight is 129 g/mol. The predicted molar refractivity (Wildman–Crippen MR) is 30.6 cm³/mol. The van der Waals surface area contributed by atoms with Crippen molar-refractivity contribution >= 4 is 5.97 Å². The second kappa shape index (κ2) is 4.09. The van der Waals surface area contributed by atoms with Gasteiger partial charge in [0.25, 0.3) is 0 Å². The van der Waals surface area contributed by atoms with E-state index in [0.717, 1.165) is 0 Å². The lowest BCUT2D eigenvalue weighted by atomic mass is 10.2. The van der Waals surface area contributed by atoms with E-state index in [9.17, 15) is 9.90 Å². The van der Waals surface area contributed by atoms with Crippen LogP contribution in [0.4, 0.5) is 0 Å². The predicted octanol–water partition coefficient (Wildman–Crippen LogP) is -0.671. The van der Waals surface area contributed by atoms with Gasteiger partial charge in [0, 0.05) is 7.11 Å². The molecule has 0 aliphatic carbocycles. The fraction of sp³-hybridized carbons (Fsp3) is 0.500. The third-order valence-corrected chi connectivity index (χ3v) is 0.897. The summed E-state index contributed by atoms with van der Waals surface area (Å²) in [6, 6.07) is 0. The maximum atomic E-state index is 9.94. The van der Waals surface area contributed by atoms with Crippen molar-refractivity contribution < 1.29 is 14.6 Å². The number of carbonyl (C=O) groups excluding carboxylic acids is 1. The van der Waals surface area contributed by atoms with Crippen molar-refractivity contribution in [1.29, 1.82) is 0 Å². The Balaban J connectivity index is 3.39. The van der Waals surface area contributed by atoms with Crippen LogP contribution in [-0.4, -0.2) is 19.7 Å². The summed E-state index contributed by atoms with van der Waals surface area (Å²) in [5.41, 5.74) is 0.0804. The molecule has 0 amide bonds. The van der Waals surface area contributed by atoms with Gasteiger partial charge in [0.1, 0.15) is 0 Å². The van der Waals surface area contributed by atoms with Gasteiger partial charge in [-0.05, 0) is 12.0 Å². The maximum Gasteiger partial charge on any atom is 0.0669 e. The Labute approximate surface area is 53.9 Å². The molecule has 52 valence electrons. The topological polar surface area (TPSA) is 49.4 Å². The second-order valence-corrected chi connectivity index (χ2v) is 1.63. The van der Waals surface area contributed by atoms with Crippen molar-refractivity contribution in [1.82, 2.24) is 0 Å². The molecule has 0 bridgehead atoms. The molecule has 0 aromatic rings. The van der Waals surface area contributed by atoms with E-state index in [-0.39, 0.29) is 5.57 Å². The van der Waals surface area contributed by atoms with Gasteiger partial charge in [-0.1, -0.05) is 6.58 Å². The summed E-state index contributed by atoms with van der Waals surface area (Å²) >= 11 is 0. The molecule has 0 atom stereocenters. The van der Waals surface area contributed by atoms with E-state index in [4.69, 9.17) is 0 Å². The van der Waals surface area contributed by atoms with E-state index in [0.29, 0.717) is 13.0 Å². The first-order valence-electron chi connectivity index (χ1n) is 2.56. The average Bonchev–Trinajstić information content (AvgIpc) is 1.82. The van der Waals surface area contributed by atoms with Gasteiger partial charge < -0.3 is 14.6 Å². The zero-order valence-corrected chi connectivity index (χ0v) is 5.35. The van der Waals surface area contributed by atoms with Crippen LogP contribution in [0.2, 0.25) is 0 Å². The number of rotatable bonds is 4. The summed E-state index contributed by atoms with van der Waals surface area (Å²) in [6.07, 6.45) is 0.332. The molecule has 0 aliphatic heterocycles. The van der Waals surface area contributed by atoms with Crippen LogP contribution in [0.3, 0.4) is 0 Å². The quantitative estimate of drug-likeness (QED) is 0.473. The number of carboxylic acid groups (broad SMARTS) is 1. The number of carboxylic acids is 1. The van der Waals surface area contributed by atoms with Crippen LogP contribution in [0, 0.1) is 0 Å². The fourth-order valence-corrected chi connectivity index (χ4v) is 0.327. The van der Waals surface area contributed by atoms with E-state index in [1.807, 2.05) is 0 Å². The number of aliphatic carboxylic acids is 1. The lowest BCUT2D eigenvalue weighted by Gasteiger charge is -2.03. The fourth-order valence-electron chi connectivity index (χ4n) is 0.327. The summed E-state index contributed by atoms with van der Waals surface area (Å²) in [7, 11) is 1.50. The summed E-state index contributed by atoms with van der Waals surface area (Å²) in [5.74, 6) is -1.20. The molecule has 0 N–H and O–H groups in total. The van der Waals surface area contributed by atoms with Crippen molar-refractivity contribution in [2.75, 3.05) is 13.7 Å². The molecule has 3 nitrogen and oxygen atoms in total. The van der Waals surface area contributed by atoms with Crippen LogP contribution in [0.25, 0.3) is 0 Å². The molecule has 0 aromatic carbocycles. The number of hydrogen-bond donors (Lipinski definition) is 0. The normalized spacial score (nSPS) is 9.00. The van der Waals surface area contributed by atoms with Crippen molar-refractivity contribution in [3.63, 3.8) is 0 Å². The molecular weight excluding hydrogens is 120 g/mol. The Bertz CT molecular complexity index is 117. The SMILES string of the molecule is C=C(CCOC)C(=O)[O-]. The van der Waals surface area contributed by atoms with Crippen molar-refractivity contribution in [3.8, 4) is 0 Å². The molecule has 0 unspecified atom stereocenters. The minimum atomic E-state index is -1.20. The highest BCUT2D eigenvalue weighted by Gasteiger charge is 1.91. The van der Waals surface area contributed by atoms with E-state index in [2.05, 4.69) is 11.3 Å².